The molecule has 0 aliphatic carbocycles. The average Bonchev–Trinajstić information content (AvgIpc) is 2.73. The molecule has 0 radical (unpaired) electrons. The van der Waals surface area contributed by atoms with Gasteiger partial charge in [0.1, 0.15) is 18.1 Å². The fourth-order valence-corrected chi connectivity index (χ4v) is 2.48. The number of rotatable bonds is 7. The molecule has 0 aliphatic rings. The Labute approximate surface area is 162 Å². The van der Waals surface area contributed by atoms with Crippen LogP contribution in [0, 0.1) is 0 Å². The summed E-state index contributed by atoms with van der Waals surface area (Å²) in [7, 11) is 1.57. The maximum Gasteiger partial charge on any atom is 0.255 e. The maximum atomic E-state index is 12.4. The van der Waals surface area contributed by atoms with E-state index in [0.717, 1.165) is 5.56 Å². The molecular weight excluding hydrogens is 358 g/mol. The number of nitrogens with zero attached hydrogens (tertiary/aromatic N) is 1. The number of ether oxygens (including phenoxy) is 2. The molecule has 3 rings (SSSR count). The number of carbonyl (C=O) groups is 2. The van der Waals surface area contributed by atoms with Crippen molar-refractivity contribution in [1.29, 1.82) is 0 Å². The Balaban J connectivity index is 1.64. The van der Waals surface area contributed by atoms with Crippen molar-refractivity contribution in [3.05, 3.63) is 83.7 Å². The van der Waals surface area contributed by atoms with Crippen LogP contribution < -0.4 is 20.5 Å². The Morgan fingerprint density at radius 2 is 1.79 bits per heavy atom. The molecule has 7 heteroatoms. The predicted octanol–water partition coefficient (Wildman–Crippen LogP) is 3.02. The van der Waals surface area contributed by atoms with Gasteiger partial charge in [0.05, 0.1) is 18.9 Å². The van der Waals surface area contributed by atoms with Crippen molar-refractivity contribution >= 4 is 17.5 Å². The molecule has 0 atom stereocenters. The second kappa shape index (κ2) is 8.68. The van der Waals surface area contributed by atoms with E-state index < -0.39 is 5.91 Å². The van der Waals surface area contributed by atoms with Crippen molar-refractivity contribution in [2.45, 2.75) is 6.61 Å². The van der Waals surface area contributed by atoms with Crippen molar-refractivity contribution in [3.63, 3.8) is 0 Å². The highest BCUT2D eigenvalue weighted by molar-refractivity contribution is 6.04. The van der Waals surface area contributed by atoms with E-state index in [1.807, 2.05) is 18.2 Å². The lowest BCUT2D eigenvalue weighted by Gasteiger charge is -2.10. The first kappa shape index (κ1) is 18.9. The number of hydrogen-bond acceptors (Lipinski definition) is 5. The minimum Gasteiger partial charge on any atom is -0.497 e. The predicted molar refractivity (Wildman–Crippen MR) is 104 cm³/mol. The fourth-order valence-electron chi connectivity index (χ4n) is 2.48. The molecule has 1 heterocycles. The Bertz CT molecular complexity index is 987. The Kier molecular flexibility index (Phi) is 5.86. The van der Waals surface area contributed by atoms with Gasteiger partial charge in [0.15, 0.2) is 0 Å². The second-order valence-electron chi connectivity index (χ2n) is 5.95. The van der Waals surface area contributed by atoms with Gasteiger partial charge in [0.2, 0.25) is 5.91 Å². The summed E-state index contributed by atoms with van der Waals surface area (Å²) in [6.45, 7) is 0.246. The highest BCUT2D eigenvalue weighted by atomic mass is 16.5. The van der Waals surface area contributed by atoms with Crippen LogP contribution in [0.25, 0.3) is 0 Å². The molecule has 0 unspecified atom stereocenters. The molecule has 1 aromatic heterocycles. The van der Waals surface area contributed by atoms with E-state index in [0.29, 0.717) is 22.7 Å². The molecule has 0 aliphatic heterocycles. The van der Waals surface area contributed by atoms with E-state index in [4.69, 9.17) is 15.2 Å². The third-order valence-electron chi connectivity index (χ3n) is 3.94. The highest BCUT2D eigenvalue weighted by Gasteiger charge is 2.08. The molecule has 0 bridgehead atoms. The number of anilines is 1. The number of carbonyl (C=O) groups excluding carboxylic acids is 2. The summed E-state index contributed by atoms with van der Waals surface area (Å²) in [5.41, 5.74) is 7.53. The van der Waals surface area contributed by atoms with Gasteiger partial charge in [-0.15, -0.1) is 0 Å². The number of methoxy groups -OCH3 is 1. The lowest BCUT2D eigenvalue weighted by molar-refractivity contribution is 0.0997. The zero-order valence-electron chi connectivity index (χ0n) is 15.2. The summed E-state index contributed by atoms with van der Waals surface area (Å²) in [6, 6.07) is 15.7. The summed E-state index contributed by atoms with van der Waals surface area (Å²) in [6.07, 6.45) is 2.88. The van der Waals surface area contributed by atoms with Crippen molar-refractivity contribution in [3.8, 4) is 11.5 Å². The van der Waals surface area contributed by atoms with Gasteiger partial charge in [0.25, 0.3) is 5.91 Å². The molecule has 7 nitrogen and oxygen atoms in total. The number of aromatic nitrogens is 1. The van der Waals surface area contributed by atoms with Crippen LogP contribution in [0.2, 0.25) is 0 Å². The van der Waals surface area contributed by atoms with Gasteiger partial charge >= 0.3 is 0 Å². The Hall–Kier alpha value is -3.87. The van der Waals surface area contributed by atoms with E-state index in [1.165, 1.54) is 18.5 Å². The Morgan fingerprint density at radius 1 is 1.00 bits per heavy atom. The molecule has 0 saturated heterocycles. The van der Waals surface area contributed by atoms with Crippen molar-refractivity contribution in [2.75, 3.05) is 12.4 Å². The van der Waals surface area contributed by atoms with Gasteiger partial charge in [0, 0.05) is 17.4 Å². The quantitative estimate of drug-likeness (QED) is 0.659. The molecular formula is C21H19N3O4. The first-order chi connectivity index (χ1) is 13.5. The van der Waals surface area contributed by atoms with Crippen molar-refractivity contribution < 1.29 is 19.1 Å². The molecule has 3 N–H and O–H groups in total. The largest absolute Gasteiger partial charge is 0.497 e. The fraction of sp³-hybridized carbons (Fsp3) is 0.0952. The lowest BCUT2D eigenvalue weighted by atomic mass is 10.1. The van der Waals surface area contributed by atoms with E-state index in [1.54, 1.807) is 37.4 Å². The monoisotopic (exact) mass is 377 g/mol. The van der Waals surface area contributed by atoms with Crippen LogP contribution in [0.15, 0.2) is 67.0 Å². The number of primary amides is 1. The van der Waals surface area contributed by atoms with Crippen LogP contribution in [0.1, 0.15) is 26.3 Å². The van der Waals surface area contributed by atoms with Gasteiger partial charge in [-0.2, -0.15) is 0 Å². The first-order valence-electron chi connectivity index (χ1n) is 8.47. The molecule has 0 fully saturated rings. The number of nitrogens with two attached hydrogens (primary N) is 1. The minimum atomic E-state index is -0.568. The third-order valence-corrected chi connectivity index (χ3v) is 3.94. The van der Waals surface area contributed by atoms with Gasteiger partial charge in [-0.25, -0.2) is 0 Å². The summed E-state index contributed by atoms with van der Waals surface area (Å²) < 4.78 is 10.7. The van der Waals surface area contributed by atoms with Crippen molar-refractivity contribution in [1.82, 2.24) is 4.98 Å². The first-order valence-corrected chi connectivity index (χ1v) is 8.47. The van der Waals surface area contributed by atoms with E-state index in [2.05, 4.69) is 10.3 Å². The van der Waals surface area contributed by atoms with Gasteiger partial charge in [-0.3, -0.25) is 14.6 Å². The van der Waals surface area contributed by atoms with Gasteiger partial charge in [-0.05, 0) is 48.0 Å². The number of hydrogen-bond donors (Lipinski definition) is 2. The standard InChI is InChI=1S/C21H19N3O4/c1-27-18-7-5-15(6-8-18)21(26)24-17-4-2-3-14(9-17)13-28-19-10-16(20(22)25)11-23-12-19/h2-12H,13H2,1H3,(H2,22,25)(H,24,26). The zero-order chi connectivity index (χ0) is 19.9. The molecule has 3 aromatic rings. The number of benzene rings is 2. The molecule has 142 valence electrons. The van der Waals surface area contributed by atoms with Crippen LogP contribution >= 0.6 is 0 Å². The molecule has 0 saturated carbocycles. The van der Waals surface area contributed by atoms with Crippen LogP contribution in [0.4, 0.5) is 5.69 Å². The summed E-state index contributed by atoms with van der Waals surface area (Å²) in [4.78, 5) is 27.5. The summed E-state index contributed by atoms with van der Waals surface area (Å²) >= 11 is 0. The summed E-state index contributed by atoms with van der Waals surface area (Å²) in [5, 5.41) is 2.85. The third kappa shape index (κ3) is 4.85. The Morgan fingerprint density at radius 3 is 2.50 bits per heavy atom. The average molecular weight is 377 g/mol. The van der Waals surface area contributed by atoms with Crippen LogP contribution in [0.5, 0.6) is 11.5 Å². The van der Waals surface area contributed by atoms with Gasteiger partial charge in [-0.1, -0.05) is 12.1 Å². The molecule has 2 aromatic carbocycles. The molecule has 2 amide bonds. The number of pyridine rings is 1. The normalized spacial score (nSPS) is 10.2. The van der Waals surface area contributed by atoms with Crippen LogP contribution in [0.3, 0.4) is 0 Å². The summed E-state index contributed by atoms with van der Waals surface area (Å²) in [5.74, 6) is 0.329. The maximum absolute atomic E-state index is 12.4. The van der Waals surface area contributed by atoms with Crippen LogP contribution in [-0.4, -0.2) is 23.9 Å². The van der Waals surface area contributed by atoms with E-state index in [-0.39, 0.29) is 18.1 Å². The minimum absolute atomic E-state index is 0.223. The van der Waals surface area contributed by atoms with Crippen LogP contribution in [-0.2, 0) is 6.61 Å². The van der Waals surface area contributed by atoms with E-state index >= 15 is 0 Å². The smallest absolute Gasteiger partial charge is 0.255 e. The molecule has 0 spiro atoms. The van der Waals surface area contributed by atoms with Gasteiger partial charge < -0.3 is 20.5 Å². The zero-order valence-corrected chi connectivity index (χ0v) is 15.2. The topological polar surface area (TPSA) is 104 Å². The highest BCUT2D eigenvalue weighted by Crippen LogP contribution is 2.17. The molecule has 28 heavy (non-hydrogen) atoms. The van der Waals surface area contributed by atoms with Crippen molar-refractivity contribution in [2.24, 2.45) is 5.73 Å². The van der Waals surface area contributed by atoms with E-state index in [9.17, 15) is 9.59 Å². The second-order valence-corrected chi connectivity index (χ2v) is 5.95. The number of nitrogens with one attached hydrogen (secondary N) is 1. The lowest BCUT2D eigenvalue weighted by Crippen LogP contribution is -2.12. The number of amides is 2. The SMILES string of the molecule is COc1ccc(C(=O)Nc2cccc(COc3cncc(C(N)=O)c3)c2)cc1.